The van der Waals surface area contributed by atoms with Gasteiger partial charge in [0.25, 0.3) is 0 Å². The van der Waals surface area contributed by atoms with Crippen molar-refractivity contribution in [3.8, 4) is 5.75 Å². The minimum atomic E-state index is -0.230. The number of hydrogen-bond acceptors (Lipinski definition) is 3. The lowest BCUT2D eigenvalue weighted by molar-refractivity contribution is 0.183. The lowest BCUT2D eigenvalue weighted by atomic mass is 10.2. The van der Waals surface area contributed by atoms with Gasteiger partial charge in [-0.25, -0.2) is 0 Å². The second kappa shape index (κ2) is 9.82. The van der Waals surface area contributed by atoms with Crippen molar-refractivity contribution in [2.45, 2.75) is 52.2 Å². The number of aliphatic hydroxyl groups excluding tert-OH is 1. The maximum Gasteiger partial charge on any atom is 0.119 e. The number of aliphatic hydroxyl groups is 1. The molecule has 3 nitrogen and oxygen atoms in total. The van der Waals surface area contributed by atoms with E-state index in [2.05, 4.69) is 24.4 Å². The van der Waals surface area contributed by atoms with Crippen LogP contribution in [-0.2, 0) is 6.54 Å². The third-order valence-electron chi connectivity index (χ3n) is 3.01. The van der Waals surface area contributed by atoms with E-state index >= 15 is 0 Å². The molecular formula is C16H27NO2. The van der Waals surface area contributed by atoms with E-state index < -0.39 is 0 Å². The molecule has 0 amide bonds. The van der Waals surface area contributed by atoms with Crippen LogP contribution in [-0.4, -0.2) is 24.4 Å². The summed E-state index contributed by atoms with van der Waals surface area (Å²) in [5.74, 6) is 0.948. The van der Waals surface area contributed by atoms with Crippen LogP contribution >= 0.6 is 0 Å². The number of unbranched alkanes of at least 4 members (excludes halogenated alkanes) is 2. The molecule has 0 aliphatic heterocycles. The van der Waals surface area contributed by atoms with Gasteiger partial charge < -0.3 is 15.2 Å². The fraction of sp³-hybridized carbons (Fsp3) is 0.625. The number of nitrogens with one attached hydrogen (secondary N) is 1. The van der Waals surface area contributed by atoms with Crippen LogP contribution in [0.4, 0.5) is 0 Å². The molecule has 1 aromatic carbocycles. The third-order valence-corrected chi connectivity index (χ3v) is 3.01. The first kappa shape index (κ1) is 16.0. The molecule has 3 heteroatoms. The van der Waals surface area contributed by atoms with Crippen LogP contribution in [0.1, 0.15) is 45.1 Å². The van der Waals surface area contributed by atoms with Gasteiger partial charge in [-0.2, -0.15) is 0 Å². The Kier molecular flexibility index (Phi) is 8.26. The zero-order valence-electron chi connectivity index (χ0n) is 12.2. The molecule has 2 N–H and O–H groups in total. The van der Waals surface area contributed by atoms with Crippen molar-refractivity contribution < 1.29 is 9.84 Å². The Morgan fingerprint density at radius 1 is 1.21 bits per heavy atom. The smallest absolute Gasteiger partial charge is 0.119 e. The van der Waals surface area contributed by atoms with Crippen LogP contribution in [0.25, 0.3) is 0 Å². The summed E-state index contributed by atoms with van der Waals surface area (Å²) >= 11 is 0. The Hall–Kier alpha value is -1.06. The minimum Gasteiger partial charge on any atom is -0.494 e. The predicted octanol–water partition coefficient (Wildman–Crippen LogP) is 3.12. The number of ether oxygens (including phenoxy) is 1. The van der Waals surface area contributed by atoms with Gasteiger partial charge in [0.2, 0.25) is 0 Å². The van der Waals surface area contributed by atoms with Crippen LogP contribution in [0.15, 0.2) is 24.3 Å². The summed E-state index contributed by atoms with van der Waals surface area (Å²) in [5, 5.41) is 12.5. The highest BCUT2D eigenvalue weighted by Gasteiger charge is 1.97. The van der Waals surface area contributed by atoms with E-state index in [1.165, 1.54) is 18.4 Å². The van der Waals surface area contributed by atoms with E-state index in [1.807, 2.05) is 19.1 Å². The molecule has 1 rings (SSSR count). The van der Waals surface area contributed by atoms with E-state index in [0.29, 0.717) is 0 Å². The monoisotopic (exact) mass is 265 g/mol. The Morgan fingerprint density at radius 2 is 1.95 bits per heavy atom. The first-order valence-electron chi connectivity index (χ1n) is 7.33. The second-order valence-electron chi connectivity index (χ2n) is 5.01. The molecule has 1 atom stereocenters. The van der Waals surface area contributed by atoms with Gasteiger partial charge in [0.05, 0.1) is 12.7 Å². The van der Waals surface area contributed by atoms with Crippen molar-refractivity contribution >= 4 is 0 Å². The molecule has 0 saturated heterocycles. The highest BCUT2D eigenvalue weighted by atomic mass is 16.5. The summed E-state index contributed by atoms with van der Waals surface area (Å²) in [6, 6.07) is 8.23. The fourth-order valence-corrected chi connectivity index (χ4v) is 1.79. The third kappa shape index (κ3) is 7.85. The Balaban J connectivity index is 2.19. The topological polar surface area (TPSA) is 41.5 Å². The van der Waals surface area contributed by atoms with Crippen molar-refractivity contribution in [1.29, 1.82) is 0 Å². The van der Waals surface area contributed by atoms with Crippen LogP contribution in [0.3, 0.4) is 0 Å². The lowest BCUT2D eigenvalue weighted by Gasteiger charge is -2.08. The molecule has 1 aromatic rings. The second-order valence-corrected chi connectivity index (χ2v) is 5.01. The number of rotatable bonds is 10. The molecule has 0 bridgehead atoms. The van der Waals surface area contributed by atoms with Crippen molar-refractivity contribution in [2.75, 3.05) is 13.2 Å². The molecule has 1 unspecified atom stereocenters. The quantitative estimate of drug-likeness (QED) is 0.639. The van der Waals surface area contributed by atoms with Crippen molar-refractivity contribution in [1.82, 2.24) is 5.32 Å². The lowest BCUT2D eigenvalue weighted by Crippen LogP contribution is -2.18. The fourth-order valence-electron chi connectivity index (χ4n) is 1.79. The molecule has 0 spiro atoms. The Bertz CT molecular complexity index is 322. The van der Waals surface area contributed by atoms with Gasteiger partial charge in [0, 0.05) is 6.54 Å². The summed E-state index contributed by atoms with van der Waals surface area (Å²) in [5.41, 5.74) is 1.24. The van der Waals surface area contributed by atoms with Crippen molar-refractivity contribution in [3.05, 3.63) is 29.8 Å². The highest BCUT2D eigenvalue weighted by Crippen LogP contribution is 2.12. The average Bonchev–Trinajstić information content (AvgIpc) is 2.41. The highest BCUT2D eigenvalue weighted by molar-refractivity contribution is 5.27. The van der Waals surface area contributed by atoms with Crippen LogP contribution < -0.4 is 10.1 Å². The maximum absolute atomic E-state index is 9.15. The standard InChI is InChI=1S/C16H27NO2/c1-3-4-5-12-19-16-8-6-15(7-9-16)13-17-11-10-14(2)18/h6-9,14,17-18H,3-5,10-13H2,1-2H3. The Labute approximate surface area is 117 Å². The van der Waals surface area contributed by atoms with Gasteiger partial charge in [-0.05, 0) is 44.0 Å². The molecule has 0 aliphatic rings. The molecule has 0 saturated carbocycles. The van der Waals surface area contributed by atoms with Crippen LogP contribution in [0.2, 0.25) is 0 Å². The van der Waals surface area contributed by atoms with E-state index in [9.17, 15) is 0 Å². The summed E-state index contributed by atoms with van der Waals surface area (Å²) in [7, 11) is 0. The average molecular weight is 265 g/mol. The minimum absolute atomic E-state index is 0.230. The van der Waals surface area contributed by atoms with Crippen molar-refractivity contribution in [2.24, 2.45) is 0 Å². The molecule has 108 valence electrons. The first-order chi connectivity index (χ1) is 9.22. The normalized spacial score (nSPS) is 12.4. The number of benzene rings is 1. The van der Waals surface area contributed by atoms with E-state index in [4.69, 9.17) is 9.84 Å². The van der Waals surface area contributed by atoms with Crippen LogP contribution in [0, 0.1) is 0 Å². The Morgan fingerprint density at radius 3 is 2.58 bits per heavy atom. The van der Waals surface area contributed by atoms with Gasteiger partial charge in [-0.3, -0.25) is 0 Å². The van der Waals surface area contributed by atoms with E-state index in [0.717, 1.165) is 38.3 Å². The van der Waals surface area contributed by atoms with E-state index in [-0.39, 0.29) is 6.10 Å². The number of hydrogen-bond donors (Lipinski definition) is 2. The van der Waals surface area contributed by atoms with Gasteiger partial charge in [-0.15, -0.1) is 0 Å². The first-order valence-corrected chi connectivity index (χ1v) is 7.33. The molecule has 0 aliphatic carbocycles. The maximum atomic E-state index is 9.15. The molecule has 19 heavy (non-hydrogen) atoms. The largest absolute Gasteiger partial charge is 0.494 e. The zero-order chi connectivity index (χ0) is 13.9. The predicted molar refractivity (Wildman–Crippen MR) is 79.5 cm³/mol. The molecule has 0 fully saturated rings. The summed E-state index contributed by atoms with van der Waals surface area (Å²) < 4.78 is 5.67. The summed E-state index contributed by atoms with van der Waals surface area (Å²) in [6.45, 7) is 6.49. The van der Waals surface area contributed by atoms with Crippen molar-refractivity contribution in [3.63, 3.8) is 0 Å². The summed E-state index contributed by atoms with van der Waals surface area (Å²) in [6.07, 6.45) is 4.13. The van der Waals surface area contributed by atoms with Gasteiger partial charge >= 0.3 is 0 Å². The molecule has 0 radical (unpaired) electrons. The van der Waals surface area contributed by atoms with Gasteiger partial charge in [0.1, 0.15) is 5.75 Å². The molecule has 0 heterocycles. The van der Waals surface area contributed by atoms with Gasteiger partial charge in [0.15, 0.2) is 0 Å². The van der Waals surface area contributed by atoms with E-state index in [1.54, 1.807) is 0 Å². The molecular weight excluding hydrogens is 238 g/mol. The SMILES string of the molecule is CCCCCOc1ccc(CNCCC(C)O)cc1. The summed E-state index contributed by atoms with van der Waals surface area (Å²) in [4.78, 5) is 0. The molecule has 0 aromatic heterocycles. The van der Waals surface area contributed by atoms with Gasteiger partial charge in [-0.1, -0.05) is 31.9 Å². The van der Waals surface area contributed by atoms with Crippen LogP contribution in [0.5, 0.6) is 5.75 Å². The zero-order valence-corrected chi connectivity index (χ0v) is 12.2.